The summed E-state index contributed by atoms with van der Waals surface area (Å²) in [6.07, 6.45) is 0. The number of aromatic nitrogens is 1. The monoisotopic (exact) mass is 242 g/mol. The van der Waals surface area contributed by atoms with Gasteiger partial charge in [0.15, 0.2) is 0 Å². The lowest BCUT2D eigenvalue weighted by atomic mass is 10.2. The molecule has 5 heteroatoms. The standard InChI is InChI=1S/C11H15ClN2O2/c1-3-14(6-7-15)11(16)9-4-5-10(12)13-8(9)2/h4-5,15H,3,6-7H2,1-2H3. The van der Waals surface area contributed by atoms with E-state index in [0.29, 0.717) is 29.5 Å². The predicted molar refractivity (Wildman–Crippen MR) is 62.6 cm³/mol. The molecule has 0 bridgehead atoms. The summed E-state index contributed by atoms with van der Waals surface area (Å²) >= 11 is 5.72. The minimum absolute atomic E-state index is 0.0420. The quantitative estimate of drug-likeness (QED) is 0.814. The Hall–Kier alpha value is -1.13. The maximum atomic E-state index is 12.0. The van der Waals surface area contributed by atoms with E-state index in [2.05, 4.69) is 4.98 Å². The zero-order chi connectivity index (χ0) is 12.1. The van der Waals surface area contributed by atoms with Crippen molar-refractivity contribution in [3.05, 3.63) is 28.5 Å². The molecule has 0 aliphatic carbocycles. The Morgan fingerprint density at radius 1 is 1.56 bits per heavy atom. The van der Waals surface area contributed by atoms with Gasteiger partial charge in [0.25, 0.3) is 5.91 Å². The van der Waals surface area contributed by atoms with Gasteiger partial charge in [-0.2, -0.15) is 0 Å². The summed E-state index contributed by atoms with van der Waals surface area (Å²) in [6, 6.07) is 3.25. The Morgan fingerprint density at radius 2 is 2.25 bits per heavy atom. The van der Waals surface area contributed by atoms with Crippen LogP contribution >= 0.6 is 11.6 Å². The molecule has 0 atom stereocenters. The molecule has 0 aliphatic rings. The molecule has 1 aromatic heterocycles. The summed E-state index contributed by atoms with van der Waals surface area (Å²) in [4.78, 5) is 17.6. The van der Waals surface area contributed by atoms with Crippen molar-refractivity contribution in [3.8, 4) is 0 Å². The van der Waals surface area contributed by atoms with Crippen LogP contribution < -0.4 is 0 Å². The minimum atomic E-state index is -0.127. The van der Waals surface area contributed by atoms with Gasteiger partial charge in [-0.25, -0.2) is 4.98 Å². The number of carbonyl (C=O) groups is 1. The molecule has 1 heterocycles. The van der Waals surface area contributed by atoms with Crippen molar-refractivity contribution < 1.29 is 9.90 Å². The zero-order valence-electron chi connectivity index (χ0n) is 9.40. The number of hydrogen-bond donors (Lipinski definition) is 1. The van der Waals surface area contributed by atoms with E-state index in [9.17, 15) is 4.79 Å². The van der Waals surface area contributed by atoms with E-state index >= 15 is 0 Å². The Bertz CT molecular complexity index is 382. The van der Waals surface area contributed by atoms with Crippen molar-refractivity contribution in [2.24, 2.45) is 0 Å². The molecule has 0 radical (unpaired) electrons. The van der Waals surface area contributed by atoms with E-state index in [-0.39, 0.29) is 12.5 Å². The third-order valence-electron chi connectivity index (χ3n) is 2.32. The number of carbonyl (C=O) groups excluding carboxylic acids is 1. The van der Waals surface area contributed by atoms with Crippen molar-refractivity contribution in [3.63, 3.8) is 0 Å². The lowest BCUT2D eigenvalue weighted by molar-refractivity contribution is 0.0731. The average molecular weight is 243 g/mol. The van der Waals surface area contributed by atoms with Gasteiger partial charge in [0.2, 0.25) is 0 Å². The number of pyridine rings is 1. The van der Waals surface area contributed by atoms with Crippen LogP contribution in [0.5, 0.6) is 0 Å². The number of hydrogen-bond acceptors (Lipinski definition) is 3. The van der Waals surface area contributed by atoms with E-state index in [0.717, 1.165) is 0 Å². The Balaban J connectivity index is 2.94. The maximum Gasteiger partial charge on any atom is 0.255 e. The molecule has 0 unspecified atom stereocenters. The Labute approximate surface area is 99.9 Å². The highest BCUT2D eigenvalue weighted by molar-refractivity contribution is 6.29. The number of aliphatic hydroxyl groups excluding tert-OH is 1. The average Bonchev–Trinajstić information content (AvgIpc) is 2.25. The Morgan fingerprint density at radius 3 is 2.75 bits per heavy atom. The zero-order valence-corrected chi connectivity index (χ0v) is 10.2. The third kappa shape index (κ3) is 2.93. The largest absolute Gasteiger partial charge is 0.395 e. The molecule has 88 valence electrons. The van der Waals surface area contributed by atoms with Gasteiger partial charge in [-0.05, 0) is 26.0 Å². The van der Waals surface area contributed by atoms with Crippen molar-refractivity contribution in [1.82, 2.24) is 9.88 Å². The summed E-state index contributed by atoms with van der Waals surface area (Å²) in [7, 11) is 0. The van der Waals surface area contributed by atoms with Gasteiger partial charge in [0.1, 0.15) is 5.15 Å². The first-order chi connectivity index (χ1) is 7.60. The molecule has 0 spiro atoms. The second kappa shape index (κ2) is 5.82. The minimum Gasteiger partial charge on any atom is -0.395 e. The second-order valence-electron chi connectivity index (χ2n) is 3.38. The SMILES string of the molecule is CCN(CCO)C(=O)c1ccc(Cl)nc1C. The first kappa shape index (κ1) is 12.9. The van der Waals surface area contributed by atoms with Crippen LogP contribution in [-0.4, -0.2) is 40.6 Å². The van der Waals surface area contributed by atoms with Crippen LogP contribution in [-0.2, 0) is 0 Å². The normalized spacial score (nSPS) is 10.2. The summed E-state index contributed by atoms with van der Waals surface area (Å²) in [5.41, 5.74) is 1.13. The lowest BCUT2D eigenvalue weighted by Gasteiger charge is -2.20. The highest BCUT2D eigenvalue weighted by Gasteiger charge is 2.16. The van der Waals surface area contributed by atoms with Crippen molar-refractivity contribution in [1.29, 1.82) is 0 Å². The van der Waals surface area contributed by atoms with Crippen LogP contribution in [0.25, 0.3) is 0 Å². The van der Waals surface area contributed by atoms with Gasteiger partial charge in [0, 0.05) is 13.1 Å². The van der Waals surface area contributed by atoms with Crippen LogP contribution in [0.4, 0.5) is 0 Å². The molecule has 0 fully saturated rings. The van der Waals surface area contributed by atoms with E-state index in [4.69, 9.17) is 16.7 Å². The molecule has 0 aliphatic heterocycles. The summed E-state index contributed by atoms with van der Waals surface area (Å²) in [6.45, 7) is 4.46. The van der Waals surface area contributed by atoms with Gasteiger partial charge in [0.05, 0.1) is 17.9 Å². The molecule has 0 aromatic carbocycles. The fourth-order valence-electron chi connectivity index (χ4n) is 1.45. The molecule has 1 aromatic rings. The number of aryl methyl sites for hydroxylation is 1. The highest BCUT2D eigenvalue weighted by atomic mass is 35.5. The maximum absolute atomic E-state index is 12.0. The molecule has 4 nitrogen and oxygen atoms in total. The number of likely N-dealkylation sites (N-methyl/N-ethyl adjacent to an activating group) is 1. The fourth-order valence-corrected chi connectivity index (χ4v) is 1.64. The van der Waals surface area contributed by atoms with Crippen LogP contribution in [0.2, 0.25) is 5.15 Å². The van der Waals surface area contributed by atoms with Crippen LogP contribution in [0.3, 0.4) is 0 Å². The van der Waals surface area contributed by atoms with Crippen molar-refractivity contribution in [2.75, 3.05) is 19.7 Å². The summed E-state index contributed by atoms with van der Waals surface area (Å²) < 4.78 is 0. The van der Waals surface area contributed by atoms with E-state index < -0.39 is 0 Å². The number of rotatable bonds is 4. The first-order valence-corrected chi connectivity index (χ1v) is 5.51. The van der Waals surface area contributed by atoms with E-state index in [1.54, 1.807) is 24.0 Å². The molecular formula is C11H15ClN2O2. The molecule has 0 saturated heterocycles. The smallest absolute Gasteiger partial charge is 0.255 e. The summed E-state index contributed by atoms with van der Waals surface area (Å²) in [5.74, 6) is -0.127. The molecule has 1 rings (SSSR count). The third-order valence-corrected chi connectivity index (χ3v) is 2.53. The number of aliphatic hydroxyl groups is 1. The van der Waals surface area contributed by atoms with Crippen molar-refractivity contribution >= 4 is 17.5 Å². The Kier molecular flexibility index (Phi) is 4.71. The molecule has 1 amide bonds. The van der Waals surface area contributed by atoms with Gasteiger partial charge < -0.3 is 10.0 Å². The van der Waals surface area contributed by atoms with Crippen molar-refractivity contribution in [2.45, 2.75) is 13.8 Å². The molecule has 0 saturated carbocycles. The van der Waals surface area contributed by atoms with Crippen LogP contribution in [0.15, 0.2) is 12.1 Å². The van der Waals surface area contributed by atoms with E-state index in [1.165, 1.54) is 0 Å². The number of halogens is 1. The van der Waals surface area contributed by atoms with Crippen LogP contribution in [0.1, 0.15) is 23.0 Å². The van der Waals surface area contributed by atoms with E-state index in [1.807, 2.05) is 6.92 Å². The van der Waals surface area contributed by atoms with Crippen LogP contribution in [0, 0.1) is 6.92 Å². The number of amides is 1. The highest BCUT2D eigenvalue weighted by Crippen LogP contribution is 2.13. The van der Waals surface area contributed by atoms with Gasteiger partial charge >= 0.3 is 0 Å². The predicted octanol–water partition coefficient (Wildman–Crippen LogP) is 1.50. The van der Waals surface area contributed by atoms with Gasteiger partial charge in [-0.15, -0.1) is 0 Å². The summed E-state index contributed by atoms with van der Waals surface area (Å²) in [5, 5.41) is 9.22. The fraction of sp³-hybridized carbons (Fsp3) is 0.455. The lowest BCUT2D eigenvalue weighted by Crippen LogP contribution is -2.33. The van der Waals surface area contributed by atoms with Gasteiger partial charge in [-0.3, -0.25) is 4.79 Å². The molecular weight excluding hydrogens is 228 g/mol. The molecule has 1 N–H and O–H groups in total. The first-order valence-electron chi connectivity index (χ1n) is 5.13. The topological polar surface area (TPSA) is 53.4 Å². The number of nitrogens with zero attached hydrogens (tertiary/aromatic N) is 2. The second-order valence-corrected chi connectivity index (χ2v) is 3.76. The molecule has 16 heavy (non-hydrogen) atoms. The van der Waals surface area contributed by atoms with Gasteiger partial charge in [-0.1, -0.05) is 11.6 Å².